The average Bonchev–Trinajstić information content (AvgIpc) is 3.20. The fourth-order valence-electron chi connectivity index (χ4n) is 4.05. The van der Waals surface area contributed by atoms with Crippen molar-refractivity contribution in [2.75, 3.05) is 6.61 Å². The number of benzene rings is 3. The van der Waals surface area contributed by atoms with Crippen molar-refractivity contribution in [3.8, 4) is 5.75 Å². The van der Waals surface area contributed by atoms with E-state index in [1.165, 1.54) is 5.56 Å². The van der Waals surface area contributed by atoms with E-state index in [0.717, 1.165) is 47.6 Å². The molecule has 0 aliphatic heterocycles. The molecule has 4 aromatic rings. The topological polar surface area (TPSA) is 56.1 Å². The van der Waals surface area contributed by atoms with Crippen molar-refractivity contribution in [3.05, 3.63) is 94.3 Å². The van der Waals surface area contributed by atoms with E-state index in [4.69, 9.17) is 21.3 Å². The summed E-state index contributed by atoms with van der Waals surface area (Å²) in [5, 5.41) is 3.61. The lowest BCUT2D eigenvalue weighted by molar-refractivity contribution is 0.0937. The molecule has 0 aliphatic carbocycles. The first kappa shape index (κ1) is 23.8. The Hall–Kier alpha value is -3.31. The number of rotatable bonds is 9. The molecule has 1 N–H and O–H groups in total. The normalized spacial score (nSPS) is 12.0. The largest absolute Gasteiger partial charge is 0.493 e. The van der Waals surface area contributed by atoms with E-state index in [0.29, 0.717) is 17.2 Å². The Morgan fingerprint density at radius 3 is 2.71 bits per heavy atom. The van der Waals surface area contributed by atoms with Gasteiger partial charge in [-0.3, -0.25) is 4.79 Å². The maximum absolute atomic E-state index is 12.8. The van der Waals surface area contributed by atoms with E-state index in [9.17, 15) is 4.79 Å². The first-order chi connectivity index (χ1) is 16.4. The summed E-state index contributed by atoms with van der Waals surface area (Å²) in [6, 6.07) is 21.0. The summed E-state index contributed by atoms with van der Waals surface area (Å²) < 4.78 is 8.23. The number of aromatic nitrogens is 2. The van der Waals surface area contributed by atoms with Gasteiger partial charge in [0.1, 0.15) is 11.6 Å². The molecule has 1 atom stereocenters. The smallest absolute Gasteiger partial charge is 0.251 e. The van der Waals surface area contributed by atoms with Gasteiger partial charge in [0.05, 0.1) is 23.7 Å². The SMILES string of the molecule is Cc1ccc(C)c(OCCCCn2c(C(C)NC(=O)c3cccc(Cl)c3)nc3ccccc32)c1. The summed E-state index contributed by atoms with van der Waals surface area (Å²) in [4.78, 5) is 17.6. The Morgan fingerprint density at radius 1 is 1.06 bits per heavy atom. The quantitative estimate of drug-likeness (QED) is 0.275. The number of carbonyl (C=O) groups excluding carboxylic acids is 1. The fraction of sp³-hybridized carbons (Fsp3) is 0.286. The third-order valence-corrected chi connectivity index (χ3v) is 6.12. The molecule has 0 saturated heterocycles. The number of fused-ring (bicyclic) bond motifs is 1. The summed E-state index contributed by atoms with van der Waals surface area (Å²) in [5.74, 6) is 1.62. The minimum atomic E-state index is -0.259. The van der Waals surface area contributed by atoms with Gasteiger partial charge in [0.2, 0.25) is 0 Å². The lowest BCUT2D eigenvalue weighted by Gasteiger charge is -2.17. The number of hydrogen-bond donors (Lipinski definition) is 1. The van der Waals surface area contributed by atoms with Gasteiger partial charge in [0.15, 0.2) is 0 Å². The number of unbranched alkanes of at least 4 members (excludes halogenated alkanes) is 1. The molecule has 0 spiro atoms. The number of halogens is 1. The number of nitrogens with zero attached hydrogens (tertiary/aromatic N) is 2. The van der Waals surface area contributed by atoms with Gasteiger partial charge in [0, 0.05) is 17.1 Å². The molecule has 1 unspecified atom stereocenters. The summed E-state index contributed by atoms with van der Waals surface area (Å²) >= 11 is 6.05. The molecule has 5 nitrogen and oxygen atoms in total. The molecule has 3 aromatic carbocycles. The number of imidazole rings is 1. The number of hydrogen-bond acceptors (Lipinski definition) is 3. The van der Waals surface area contributed by atoms with Gasteiger partial charge in [-0.25, -0.2) is 4.98 Å². The van der Waals surface area contributed by atoms with Gasteiger partial charge in [-0.2, -0.15) is 0 Å². The summed E-state index contributed by atoms with van der Waals surface area (Å²) in [5.41, 5.74) is 4.87. The highest BCUT2D eigenvalue weighted by atomic mass is 35.5. The lowest BCUT2D eigenvalue weighted by atomic mass is 10.1. The van der Waals surface area contributed by atoms with Crippen LogP contribution in [0, 0.1) is 13.8 Å². The van der Waals surface area contributed by atoms with Crippen LogP contribution in [0.4, 0.5) is 0 Å². The predicted octanol–water partition coefficient (Wildman–Crippen LogP) is 6.66. The molecule has 6 heteroatoms. The molecular weight excluding hydrogens is 446 g/mol. The molecule has 1 amide bonds. The van der Waals surface area contributed by atoms with Crippen LogP contribution in [0.1, 0.15) is 53.1 Å². The van der Waals surface area contributed by atoms with E-state index in [2.05, 4.69) is 48.0 Å². The Balaban J connectivity index is 1.43. The monoisotopic (exact) mass is 475 g/mol. The summed E-state index contributed by atoms with van der Waals surface area (Å²) in [6.07, 6.45) is 1.86. The Morgan fingerprint density at radius 2 is 1.88 bits per heavy atom. The highest BCUT2D eigenvalue weighted by Crippen LogP contribution is 2.23. The maximum atomic E-state index is 12.8. The standard InChI is InChI=1S/C28H30ClN3O2/c1-19-13-14-20(2)26(17-19)34-16-7-6-15-32-25-12-5-4-11-24(25)31-27(32)21(3)30-28(33)22-9-8-10-23(29)18-22/h4-5,8-14,17-18,21H,6-7,15-16H2,1-3H3,(H,30,33). The van der Waals surface area contributed by atoms with E-state index >= 15 is 0 Å². The Kier molecular flexibility index (Phi) is 7.53. The Labute approximate surface area is 205 Å². The van der Waals surface area contributed by atoms with Crippen molar-refractivity contribution >= 4 is 28.5 Å². The van der Waals surface area contributed by atoms with Crippen LogP contribution < -0.4 is 10.1 Å². The fourth-order valence-corrected chi connectivity index (χ4v) is 4.24. The van der Waals surface area contributed by atoms with Gasteiger partial charge >= 0.3 is 0 Å². The third kappa shape index (κ3) is 5.60. The maximum Gasteiger partial charge on any atom is 0.251 e. The van der Waals surface area contributed by atoms with E-state index in [1.807, 2.05) is 25.1 Å². The summed E-state index contributed by atoms with van der Waals surface area (Å²) in [6.45, 7) is 7.56. The predicted molar refractivity (Wildman–Crippen MR) is 138 cm³/mol. The number of aryl methyl sites for hydroxylation is 3. The van der Waals surface area contributed by atoms with Gasteiger partial charge in [-0.15, -0.1) is 0 Å². The van der Waals surface area contributed by atoms with Crippen LogP contribution in [0.15, 0.2) is 66.7 Å². The molecular formula is C28H30ClN3O2. The second-order valence-electron chi connectivity index (χ2n) is 8.64. The number of ether oxygens (including phenoxy) is 1. The van der Waals surface area contributed by atoms with Crippen LogP contribution in [0.2, 0.25) is 5.02 Å². The molecule has 4 rings (SSSR count). The van der Waals surface area contributed by atoms with E-state index < -0.39 is 0 Å². The van der Waals surface area contributed by atoms with Crippen LogP contribution in [0.25, 0.3) is 11.0 Å². The molecule has 176 valence electrons. The lowest BCUT2D eigenvalue weighted by Crippen LogP contribution is -2.28. The second-order valence-corrected chi connectivity index (χ2v) is 9.08. The first-order valence-corrected chi connectivity index (χ1v) is 12.0. The van der Waals surface area contributed by atoms with E-state index in [1.54, 1.807) is 24.3 Å². The number of amides is 1. The Bertz CT molecular complexity index is 1300. The zero-order valence-electron chi connectivity index (χ0n) is 19.8. The molecule has 0 bridgehead atoms. The molecule has 0 saturated carbocycles. The number of para-hydroxylation sites is 2. The minimum absolute atomic E-state index is 0.171. The molecule has 1 aromatic heterocycles. The highest BCUT2D eigenvalue weighted by Gasteiger charge is 2.19. The molecule has 1 heterocycles. The zero-order valence-corrected chi connectivity index (χ0v) is 20.6. The highest BCUT2D eigenvalue weighted by molar-refractivity contribution is 6.30. The molecule has 0 fully saturated rings. The van der Waals surface area contributed by atoms with Crippen molar-refractivity contribution in [3.63, 3.8) is 0 Å². The average molecular weight is 476 g/mol. The van der Waals surface area contributed by atoms with Crippen LogP contribution in [-0.2, 0) is 6.54 Å². The zero-order chi connectivity index (χ0) is 24.1. The minimum Gasteiger partial charge on any atom is -0.493 e. The van der Waals surface area contributed by atoms with E-state index in [-0.39, 0.29) is 11.9 Å². The van der Waals surface area contributed by atoms with Crippen molar-refractivity contribution in [1.82, 2.24) is 14.9 Å². The number of carbonyl (C=O) groups is 1. The van der Waals surface area contributed by atoms with Gasteiger partial charge in [-0.05, 0) is 81.1 Å². The first-order valence-electron chi connectivity index (χ1n) is 11.6. The van der Waals surface area contributed by atoms with Crippen molar-refractivity contribution < 1.29 is 9.53 Å². The van der Waals surface area contributed by atoms with Gasteiger partial charge < -0.3 is 14.6 Å². The van der Waals surface area contributed by atoms with Crippen LogP contribution in [-0.4, -0.2) is 22.1 Å². The molecule has 0 aliphatic rings. The van der Waals surface area contributed by atoms with Crippen LogP contribution in [0.5, 0.6) is 5.75 Å². The molecule has 0 radical (unpaired) electrons. The van der Waals surface area contributed by atoms with Crippen molar-refractivity contribution in [2.45, 2.75) is 46.2 Å². The van der Waals surface area contributed by atoms with Crippen LogP contribution in [0.3, 0.4) is 0 Å². The van der Waals surface area contributed by atoms with Gasteiger partial charge in [0.25, 0.3) is 5.91 Å². The van der Waals surface area contributed by atoms with Crippen molar-refractivity contribution in [2.24, 2.45) is 0 Å². The molecule has 34 heavy (non-hydrogen) atoms. The summed E-state index contributed by atoms with van der Waals surface area (Å²) in [7, 11) is 0. The van der Waals surface area contributed by atoms with Crippen molar-refractivity contribution in [1.29, 1.82) is 0 Å². The third-order valence-electron chi connectivity index (χ3n) is 5.88. The van der Waals surface area contributed by atoms with Crippen LogP contribution >= 0.6 is 11.6 Å². The second kappa shape index (κ2) is 10.7. The van der Waals surface area contributed by atoms with Gasteiger partial charge in [-0.1, -0.05) is 41.9 Å². The number of nitrogens with one attached hydrogen (secondary N) is 1.